The smallest absolute Gasteiger partial charge is 0.123 e. The molecule has 1 aliphatic rings. The Balaban J connectivity index is 1.93. The molecular weight excluding hydrogens is 296 g/mol. The molecule has 0 amide bonds. The van der Waals surface area contributed by atoms with Crippen LogP contribution in [0.5, 0.6) is 5.75 Å². The Morgan fingerprint density at radius 1 is 1.08 bits per heavy atom. The van der Waals surface area contributed by atoms with Gasteiger partial charge in [0, 0.05) is 26.2 Å². The number of hydrogen-bond acceptors (Lipinski definition) is 3. The second-order valence-corrected chi connectivity index (χ2v) is 8.18. The molecule has 24 heavy (non-hydrogen) atoms. The molecule has 1 heterocycles. The van der Waals surface area contributed by atoms with Gasteiger partial charge < -0.3 is 14.5 Å². The first-order valence-corrected chi connectivity index (χ1v) is 9.57. The van der Waals surface area contributed by atoms with Crippen molar-refractivity contribution in [2.75, 3.05) is 46.4 Å². The van der Waals surface area contributed by atoms with Crippen LogP contribution in [-0.2, 0) is 11.8 Å². The van der Waals surface area contributed by atoms with Crippen LogP contribution in [0.15, 0.2) is 18.2 Å². The van der Waals surface area contributed by atoms with E-state index in [1.54, 1.807) is 0 Å². The average Bonchev–Trinajstić information content (AvgIpc) is 2.54. The Labute approximate surface area is 149 Å². The number of nitrogens with zero attached hydrogens (tertiary/aromatic N) is 2. The first-order valence-electron chi connectivity index (χ1n) is 9.57. The maximum Gasteiger partial charge on any atom is 0.123 e. The van der Waals surface area contributed by atoms with Crippen LogP contribution in [0.2, 0.25) is 0 Å². The predicted octanol–water partition coefficient (Wildman–Crippen LogP) is 3.95. The molecule has 136 valence electrons. The lowest BCUT2D eigenvalue weighted by Gasteiger charge is -2.32. The third-order valence-electron chi connectivity index (χ3n) is 4.85. The van der Waals surface area contributed by atoms with E-state index in [4.69, 9.17) is 4.74 Å². The highest BCUT2D eigenvalue weighted by Crippen LogP contribution is 2.32. The Kier molecular flexibility index (Phi) is 7.12. The topological polar surface area (TPSA) is 15.7 Å². The minimum absolute atomic E-state index is 0.122. The SMILES string of the molecule is CCCOc1ccc(CCCN2CCN(C)CC2)cc1C(C)(C)C. The van der Waals surface area contributed by atoms with Gasteiger partial charge in [0.05, 0.1) is 6.61 Å². The molecule has 0 spiro atoms. The van der Waals surface area contributed by atoms with Crippen molar-refractivity contribution in [2.24, 2.45) is 0 Å². The van der Waals surface area contributed by atoms with E-state index in [9.17, 15) is 0 Å². The normalized spacial score (nSPS) is 17.2. The van der Waals surface area contributed by atoms with E-state index in [1.807, 2.05) is 0 Å². The summed E-state index contributed by atoms with van der Waals surface area (Å²) in [5, 5.41) is 0. The molecule has 1 aliphatic heterocycles. The van der Waals surface area contributed by atoms with Crippen molar-refractivity contribution >= 4 is 0 Å². The zero-order valence-corrected chi connectivity index (χ0v) is 16.4. The van der Waals surface area contributed by atoms with Gasteiger partial charge in [0.15, 0.2) is 0 Å². The van der Waals surface area contributed by atoms with Gasteiger partial charge in [-0.05, 0) is 55.5 Å². The highest BCUT2D eigenvalue weighted by Gasteiger charge is 2.20. The van der Waals surface area contributed by atoms with Crippen LogP contribution in [-0.4, -0.2) is 56.2 Å². The first-order chi connectivity index (χ1) is 11.4. The molecular formula is C21H36N2O. The lowest BCUT2D eigenvalue weighted by Crippen LogP contribution is -2.44. The van der Waals surface area contributed by atoms with Crippen LogP contribution in [0.3, 0.4) is 0 Å². The van der Waals surface area contributed by atoms with E-state index in [1.165, 1.54) is 50.3 Å². The second-order valence-electron chi connectivity index (χ2n) is 8.18. The molecule has 0 atom stereocenters. The summed E-state index contributed by atoms with van der Waals surface area (Å²) in [6, 6.07) is 6.81. The van der Waals surface area contributed by atoms with E-state index in [2.05, 4.69) is 62.7 Å². The predicted molar refractivity (Wildman–Crippen MR) is 103 cm³/mol. The zero-order chi connectivity index (χ0) is 17.6. The van der Waals surface area contributed by atoms with Gasteiger partial charge in [-0.2, -0.15) is 0 Å². The quantitative estimate of drug-likeness (QED) is 0.752. The van der Waals surface area contributed by atoms with Gasteiger partial charge in [-0.15, -0.1) is 0 Å². The summed E-state index contributed by atoms with van der Waals surface area (Å²) in [6.45, 7) is 15.8. The van der Waals surface area contributed by atoms with Gasteiger partial charge in [0.2, 0.25) is 0 Å². The van der Waals surface area contributed by atoms with Crippen LogP contribution in [0, 0.1) is 0 Å². The lowest BCUT2D eigenvalue weighted by atomic mass is 9.85. The molecule has 1 saturated heterocycles. The van der Waals surface area contributed by atoms with Crippen LogP contribution in [0.1, 0.15) is 51.7 Å². The number of ether oxygens (including phenoxy) is 1. The van der Waals surface area contributed by atoms with E-state index in [0.717, 1.165) is 25.2 Å². The van der Waals surface area contributed by atoms with Gasteiger partial charge in [-0.25, -0.2) is 0 Å². The number of benzene rings is 1. The number of piperazine rings is 1. The van der Waals surface area contributed by atoms with Crippen LogP contribution in [0.25, 0.3) is 0 Å². The van der Waals surface area contributed by atoms with E-state index in [0.29, 0.717) is 0 Å². The summed E-state index contributed by atoms with van der Waals surface area (Å²) < 4.78 is 5.96. The maximum atomic E-state index is 5.96. The Morgan fingerprint density at radius 3 is 2.42 bits per heavy atom. The summed E-state index contributed by atoms with van der Waals surface area (Å²) in [4.78, 5) is 5.02. The van der Waals surface area contributed by atoms with Gasteiger partial charge in [0.1, 0.15) is 5.75 Å². The summed E-state index contributed by atoms with van der Waals surface area (Å²) in [5.41, 5.74) is 2.90. The molecule has 0 radical (unpaired) electrons. The highest BCUT2D eigenvalue weighted by molar-refractivity contribution is 5.41. The molecule has 0 aromatic heterocycles. The Hall–Kier alpha value is -1.06. The third kappa shape index (κ3) is 5.78. The van der Waals surface area contributed by atoms with Crippen molar-refractivity contribution in [3.8, 4) is 5.75 Å². The van der Waals surface area contributed by atoms with Crippen molar-refractivity contribution in [3.05, 3.63) is 29.3 Å². The van der Waals surface area contributed by atoms with Crippen molar-refractivity contribution in [3.63, 3.8) is 0 Å². The second kappa shape index (κ2) is 8.87. The van der Waals surface area contributed by atoms with Crippen molar-refractivity contribution < 1.29 is 4.74 Å². The van der Waals surface area contributed by atoms with E-state index < -0.39 is 0 Å². The largest absolute Gasteiger partial charge is 0.493 e. The molecule has 0 unspecified atom stereocenters. The van der Waals surface area contributed by atoms with E-state index in [-0.39, 0.29) is 5.41 Å². The molecule has 0 N–H and O–H groups in total. The van der Waals surface area contributed by atoms with Crippen LogP contribution < -0.4 is 4.74 Å². The molecule has 3 nitrogen and oxygen atoms in total. The monoisotopic (exact) mass is 332 g/mol. The van der Waals surface area contributed by atoms with Gasteiger partial charge in [-0.1, -0.05) is 39.8 Å². The summed E-state index contributed by atoms with van der Waals surface area (Å²) in [7, 11) is 2.22. The number of aryl methyl sites for hydroxylation is 1. The molecule has 0 bridgehead atoms. The summed E-state index contributed by atoms with van der Waals surface area (Å²) in [6.07, 6.45) is 3.45. The maximum absolute atomic E-state index is 5.96. The van der Waals surface area contributed by atoms with Gasteiger partial charge in [-0.3, -0.25) is 0 Å². The molecule has 2 rings (SSSR count). The average molecular weight is 333 g/mol. The highest BCUT2D eigenvalue weighted by atomic mass is 16.5. The Bertz CT molecular complexity index is 499. The third-order valence-corrected chi connectivity index (χ3v) is 4.85. The van der Waals surface area contributed by atoms with E-state index >= 15 is 0 Å². The Morgan fingerprint density at radius 2 is 1.79 bits per heavy atom. The van der Waals surface area contributed by atoms with Gasteiger partial charge in [0.25, 0.3) is 0 Å². The minimum atomic E-state index is 0.122. The molecule has 0 saturated carbocycles. The number of likely N-dealkylation sites (N-methyl/N-ethyl adjacent to an activating group) is 1. The summed E-state index contributed by atoms with van der Waals surface area (Å²) in [5.74, 6) is 1.06. The van der Waals surface area contributed by atoms with Crippen LogP contribution >= 0.6 is 0 Å². The fourth-order valence-electron chi connectivity index (χ4n) is 3.23. The molecule has 0 aliphatic carbocycles. The molecule has 1 aromatic carbocycles. The standard InChI is InChI=1S/C21H36N2O/c1-6-16-24-20-10-9-18(17-19(20)21(2,3)4)8-7-11-23-14-12-22(5)13-15-23/h9-10,17H,6-8,11-16H2,1-5H3. The molecule has 1 aromatic rings. The van der Waals surface area contributed by atoms with Gasteiger partial charge >= 0.3 is 0 Å². The van der Waals surface area contributed by atoms with Crippen LogP contribution in [0.4, 0.5) is 0 Å². The minimum Gasteiger partial charge on any atom is -0.493 e. The zero-order valence-electron chi connectivity index (χ0n) is 16.4. The first kappa shape index (κ1) is 19.3. The number of rotatable bonds is 7. The number of hydrogen-bond donors (Lipinski definition) is 0. The molecule has 1 fully saturated rings. The van der Waals surface area contributed by atoms with Crippen molar-refractivity contribution in [2.45, 2.75) is 52.4 Å². The van der Waals surface area contributed by atoms with Crippen molar-refractivity contribution in [1.82, 2.24) is 9.80 Å². The fourth-order valence-corrected chi connectivity index (χ4v) is 3.23. The fraction of sp³-hybridized carbons (Fsp3) is 0.714. The summed E-state index contributed by atoms with van der Waals surface area (Å²) >= 11 is 0. The lowest BCUT2D eigenvalue weighted by molar-refractivity contribution is 0.153. The molecule has 3 heteroatoms. The van der Waals surface area contributed by atoms with Crippen molar-refractivity contribution in [1.29, 1.82) is 0 Å².